The van der Waals surface area contributed by atoms with E-state index in [-0.39, 0.29) is 5.60 Å². The number of hydrogen-bond donors (Lipinski definition) is 0. The topological polar surface area (TPSA) is 34.2 Å². The van der Waals surface area contributed by atoms with Crippen LogP contribution in [0.1, 0.15) is 24.8 Å². The standard InChI is InChI=1S/C21H32N2O3/c1-24-20-6-4-18(5-7-20)13-23-10-11-25-17-21(16-23)12-19(15-26-21)14-22-8-2-3-9-22/h4-7,19H,2-3,8-17H2,1H3/t19-,21-/m1/s1. The molecule has 0 radical (unpaired) electrons. The van der Waals surface area contributed by atoms with Gasteiger partial charge in [-0.2, -0.15) is 0 Å². The summed E-state index contributed by atoms with van der Waals surface area (Å²) in [4.78, 5) is 5.10. The van der Waals surface area contributed by atoms with Gasteiger partial charge in [-0.25, -0.2) is 0 Å². The molecule has 0 saturated carbocycles. The molecule has 5 heteroatoms. The second kappa shape index (κ2) is 8.26. The maximum atomic E-state index is 6.38. The SMILES string of the molecule is COc1ccc(CN2CCOC[C@@]3(C[C@H](CN4CCCC4)CO3)C2)cc1. The predicted octanol–water partition coefficient (Wildman–Crippen LogP) is 2.40. The summed E-state index contributed by atoms with van der Waals surface area (Å²) in [5, 5.41) is 0. The summed E-state index contributed by atoms with van der Waals surface area (Å²) in [6.07, 6.45) is 3.84. The summed E-state index contributed by atoms with van der Waals surface area (Å²) in [5.74, 6) is 1.56. The first-order valence-electron chi connectivity index (χ1n) is 10.0. The van der Waals surface area contributed by atoms with Gasteiger partial charge in [0.25, 0.3) is 0 Å². The molecule has 0 N–H and O–H groups in total. The van der Waals surface area contributed by atoms with E-state index in [9.17, 15) is 0 Å². The summed E-state index contributed by atoms with van der Waals surface area (Å²) >= 11 is 0. The van der Waals surface area contributed by atoms with Crippen LogP contribution in [-0.4, -0.2) is 75.1 Å². The second-order valence-corrected chi connectivity index (χ2v) is 8.18. The van der Waals surface area contributed by atoms with E-state index >= 15 is 0 Å². The smallest absolute Gasteiger partial charge is 0.118 e. The average Bonchev–Trinajstić information content (AvgIpc) is 3.25. The molecule has 3 fully saturated rings. The Balaban J connectivity index is 1.36. The van der Waals surface area contributed by atoms with E-state index in [4.69, 9.17) is 14.2 Å². The number of benzene rings is 1. The number of ether oxygens (including phenoxy) is 3. The van der Waals surface area contributed by atoms with E-state index in [0.29, 0.717) is 5.92 Å². The molecule has 1 spiro atoms. The van der Waals surface area contributed by atoms with Gasteiger partial charge in [0.15, 0.2) is 0 Å². The van der Waals surface area contributed by atoms with Crippen LogP contribution in [-0.2, 0) is 16.0 Å². The van der Waals surface area contributed by atoms with Crippen LogP contribution in [0.5, 0.6) is 5.75 Å². The molecule has 1 aromatic carbocycles. The zero-order valence-corrected chi connectivity index (χ0v) is 16.0. The van der Waals surface area contributed by atoms with E-state index in [1.807, 2.05) is 12.1 Å². The van der Waals surface area contributed by atoms with Gasteiger partial charge in [-0.1, -0.05) is 12.1 Å². The Hall–Kier alpha value is -1.14. The van der Waals surface area contributed by atoms with Crippen LogP contribution < -0.4 is 4.74 Å². The van der Waals surface area contributed by atoms with Gasteiger partial charge < -0.3 is 19.1 Å². The monoisotopic (exact) mass is 360 g/mol. The number of nitrogens with zero attached hydrogens (tertiary/aromatic N) is 2. The Morgan fingerprint density at radius 3 is 2.69 bits per heavy atom. The third-order valence-corrected chi connectivity index (χ3v) is 5.99. The fraction of sp³-hybridized carbons (Fsp3) is 0.714. The molecule has 3 saturated heterocycles. The molecule has 3 aliphatic heterocycles. The number of rotatable bonds is 5. The molecule has 26 heavy (non-hydrogen) atoms. The molecular weight excluding hydrogens is 328 g/mol. The maximum Gasteiger partial charge on any atom is 0.118 e. The first-order valence-corrected chi connectivity index (χ1v) is 10.0. The molecule has 1 aromatic rings. The molecule has 0 unspecified atom stereocenters. The first-order chi connectivity index (χ1) is 12.7. The van der Waals surface area contributed by atoms with Crippen LogP contribution >= 0.6 is 0 Å². The second-order valence-electron chi connectivity index (χ2n) is 8.18. The molecule has 2 atom stereocenters. The van der Waals surface area contributed by atoms with Crippen LogP contribution in [0.25, 0.3) is 0 Å². The minimum absolute atomic E-state index is 0.118. The summed E-state index contributed by atoms with van der Waals surface area (Å²) in [7, 11) is 1.71. The fourth-order valence-electron chi connectivity index (χ4n) is 4.71. The van der Waals surface area contributed by atoms with Gasteiger partial charge >= 0.3 is 0 Å². The van der Waals surface area contributed by atoms with Crippen LogP contribution in [0.15, 0.2) is 24.3 Å². The molecule has 0 bridgehead atoms. The highest BCUT2D eigenvalue weighted by molar-refractivity contribution is 5.27. The quantitative estimate of drug-likeness (QED) is 0.805. The van der Waals surface area contributed by atoms with Crippen molar-refractivity contribution in [3.05, 3.63) is 29.8 Å². The van der Waals surface area contributed by atoms with Crippen LogP contribution in [0.2, 0.25) is 0 Å². The Bertz CT molecular complexity index is 573. The van der Waals surface area contributed by atoms with Crippen molar-refractivity contribution in [3.8, 4) is 5.75 Å². The number of methoxy groups -OCH3 is 1. The minimum Gasteiger partial charge on any atom is -0.497 e. The predicted molar refractivity (Wildman–Crippen MR) is 102 cm³/mol. The van der Waals surface area contributed by atoms with E-state index in [1.54, 1.807) is 7.11 Å². The average molecular weight is 360 g/mol. The van der Waals surface area contributed by atoms with Crippen molar-refractivity contribution in [3.63, 3.8) is 0 Å². The molecule has 4 rings (SSSR count). The summed E-state index contributed by atoms with van der Waals surface area (Å²) in [5.41, 5.74) is 1.20. The summed E-state index contributed by atoms with van der Waals surface area (Å²) in [6, 6.07) is 8.39. The Kier molecular flexibility index (Phi) is 5.79. The lowest BCUT2D eigenvalue weighted by Gasteiger charge is -2.31. The van der Waals surface area contributed by atoms with Crippen LogP contribution in [0, 0.1) is 5.92 Å². The van der Waals surface area contributed by atoms with Gasteiger partial charge in [0.2, 0.25) is 0 Å². The van der Waals surface area contributed by atoms with E-state index < -0.39 is 0 Å². The molecule has 3 aliphatic rings. The van der Waals surface area contributed by atoms with Gasteiger partial charge in [-0.3, -0.25) is 4.90 Å². The largest absolute Gasteiger partial charge is 0.497 e. The van der Waals surface area contributed by atoms with Gasteiger partial charge in [0.1, 0.15) is 11.4 Å². The van der Waals surface area contributed by atoms with Crippen molar-refractivity contribution in [2.24, 2.45) is 5.92 Å². The van der Waals surface area contributed by atoms with Crippen molar-refractivity contribution in [2.75, 3.05) is 59.7 Å². The van der Waals surface area contributed by atoms with Crippen molar-refractivity contribution in [2.45, 2.75) is 31.4 Å². The third-order valence-electron chi connectivity index (χ3n) is 5.99. The summed E-state index contributed by atoms with van der Waals surface area (Å²) in [6.45, 7) is 9.02. The van der Waals surface area contributed by atoms with Crippen molar-refractivity contribution in [1.82, 2.24) is 9.80 Å². The van der Waals surface area contributed by atoms with Crippen molar-refractivity contribution >= 4 is 0 Å². The van der Waals surface area contributed by atoms with Gasteiger partial charge in [-0.05, 0) is 56.0 Å². The van der Waals surface area contributed by atoms with E-state index in [0.717, 1.165) is 51.6 Å². The molecule has 3 heterocycles. The van der Waals surface area contributed by atoms with Crippen LogP contribution in [0.4, 0.5) is 0 Å². The van der Waals surface area contributed by atoms with Crippen molar-refractivity contribution < 1.29 is 14.2 Å². The Labute approximate surface area is 157 Å². The Morgan fingerprint density at radius 2 is 1.92 bits per heavy atom. The fourth-order valence-corrected chi connectivity index (χ4v) is 4.71. The lowest BCUT2D eigenvalue weighted by Crippen LogP contribution is -2.44. The molecule has 0 aromatic heterocycles. The minimum atomic E-state index is -0.118. The first kappa shape index (κ1) is 18.2. The zero-order chi connectivity index (χ0) is 17.8. The highest BCUT2D eigenvalue weighted by atomic mass is 16.5. The van der Waals surface area contributed by atoms with E-state index in [2.05, 4.69) is 21.9 Å². The van der Waals surface area contributed by atoms with E-state index in [1.165, 1.54) is 38.0 Å². The molecule has 0 aliphatic carbocycles. The third kappa shape index (κ3) is 4.39. The van der Waals surface area contributed by atoms with Gasteiger partial charge in [0.05, 0.1) is 26.9 Å². The lowest BCUT2D eigenvalue weighted by atomic mass is 9.93. The molecular formula is C21H32N2O3. The van der Waals surface area contributed by atoms with Crippen molar-refractivity contribution in [1.29, 1.82) is 0 Å². The highest BCUT2D eigenvalue weighted by Crippen LogP contribution is 2.34. The number of likely N-dealkylation sites (tertiary alicyclic amines) is 1. The summed E-state index contributed by atoms with van der Waals surface area (Å²) < 4.78 is 17.6. The van der Waals surface area contributed by atoms with Gasteiger partial charge in [0, 0.05) is 26.2 Å². The lowest BCUT2D eigenvalue weighted by molar-refractivity contribution is -0.0563. The zero-order valence-electron chi connectivity index (χ0n) is 16.0. The van der Waals surface area contributed by atoms with Gasteiger partial charge in [-0.15, -0.1) is 0 Å². The van der Waals surface area contributed by atoms with Crippen LogP contribution in [0.3, 0.4) is 0 Å². The Morgan fingerprint density at radius 1 is 1.12 bits per heavy atom. The maximum absolute atomic E-state index is 6.38. The molecule has 5 nitrogen and oxygen atoms in total. The highest BCUT2D eigenvalue weighted by Gasteiger charge is 2.43. The molecule has 144 valence electrons. The number of hydrogen-bond acceptors (Lipinski definition) is 5. The normalized spacial score (nSPS) is 30.7. The molecule has 0 amide bonds.